The van der Waals surface area contributed by atoms with Crippen LogP contribution in [-0.4, -0.2) is 34.6 Å². The number of nitrogens with one attached hydrogen (secondary N) is 2. The summed E-state index contributed by atoms with van der Waals surface area (Å²) in [6.07, 6.45) is 4.79. The summed E-state index contributed by atoms with van der Waals surface area (Å²) in [5, 5.41) is 2.38. The minimum atomic E-state index is -3.49. The Labute approximate surface area is 188 Å². The van der Waals surface area contributed by atoms with E-state index >= 15 is 0 Å². The van der Waals surface area contributed by atoms with Crippen LogP contribution in [0.15, 0.2) is 67.0 Å². The van der Waals surface area contributed by atoms with Gasteiger partial charge in [-0.25, -0.2) is 13.4 Å². The fourth-order valence-corrected chi connectivity index (χ4v) is 6.35. The fourth-order valence-electron chi connectivity index (χ4n) is 4.16. The van der Waals surface area contributed by atoms with Gasteiger partial charge in [-0.1, -0.05) is 42.5 Å². The molecule has 7 nitrogen and oxygen atoms in total. The predicted octanol–water partition coefficient (Wildman–Crippen LogP) is 3.96. The zero-order chi connectivity index (χ0) is 22.7. The van der Waals surface area contributed by atoms with Crippen LogP contribution in [0.25, 0.3) is 0 Å². The molecule has 168 valence electrons. The Hall–Kier alpha value is -2.97. The molecule has 1 fully saturated rings. The van der Waals surface area contributed by atoms with Gasteiger partial charge in [0, 0.05) is 30.5 Å². The molecule has 4 rings (SSSR count). The molecule has 0 radical (unpaired) electrons. The van der Waals surface area contributed by atoms with Crippen LogP contribution in [0.1, 0.15) is 65.3 Å². The van der Waals surface area contributed by atoms with Gasteiger partial charge in [0.2, 0.25) is 10.0 Å². The second kappa shape index (κ2) is 9.26. The average Bonchev–Trinajstić information content (AvgIpc) is 3.33. The van der Waals surface area contributed by atoms with Crippen LogP contribution in [0.2, 0.25) is 0 Å². The number of rotatable bonds is 6. The first kappa shape index (κ1) is 22.2. The summed E-state index contributed by atoms with van der Waals surface area (Å²) < 4.78 is 28.4. The molecule has 0 spiro atoms. The molecule has 0 saturated carbocycles. The fraction of sp³-hybridized carbons (Fsp3) is 0.333. The number of imidazole rings is 1. The average molecular weight is 453 g/mol. The molecule has 2 unspecified atom stereocenters. The number of sulfonamides is 1. The van der Waals surface area contributed by atoms with Crippen LogP contribution < -0.4 is 5.32 Å². The Morgan fingerprint density at radius 2 is 1.88 bits per heavy atom. The smallest absolute Gasteiger partial charge is 0.251 e. The van der Waals surface area contributed by atoms with Crippen LogP contribution >= 0.6 is 0 Å². The maximum absolute atomic E-state index is 13.4. The van der Waals surface area contributed by atoms with Crippen molar-refractivity contribution >= 4 is 15.9 Å². The van der Waals surface area contributed by atoms with Crippen LogP contribution in [0, 0.1) is 0 Å². The lowest BCUT2D eigenvalue weighted by atomic mass is 10.0. The summed E-state index contributed by atoms with van der Waals surface area (Å²) in [4.78, 5) is 19.7. The Morgan fingerprint density at radius 3 is 2.53 bits per heavy atom. The number of carbonyl (C=O) groups excluding carboxylic acids is 1. The quantitative estimate of drug-likeness (QED) is 0.592. The zero-order valence-corrected chi connectivity index (χ0v) is 19.0. The third kappa shape index (κ3) is 4.61. The van der Waals surface area contributed by atoms with E-state index in [1.165, 1.54) is 0 Å². The molecule has 0 bridgehead atoms. The van der Waals surface area contributed by atoms with Crippen molar-refractivity contribution in [1.29, 1.82) is 0 Å². The Balaban J connectivity index is 1.46. The van der Waals surface area contributed by atoms with Crippen LogP contribution in [0.4, 0.5) is 0 Å². The molecule has 1 aliphatic rings. The Morgan fingerprint density at radius 1 is 1.16 bits per heavy atom. The third-order valence-corrected chi connectivity index (χ3v) is 8.40. The van der Waals surface area contributed by atoms with Gasteiger partial charge in [0.25, 0.3) is 5.91 Å². The van der Waals surface area contributed by atoms with Crippen molar-refractivity contribution < 1.29 is 13.2 Å². The molecule has 1 aliphatic heterocycles. The molecule has 0 aliphatic carbocycles. The molecule has 32 heavy (non-hydrogen) atoms. The van der Waals surface area contributed by atoms with Gasteiger partial charge in [0.1, 0.15) is 11.1 Å². The largest absolute Gasteiger partial charge is 0.347 e. The number of aromatic nitrogens is 2. The molecular weight excluding hydrogens is 424 g/mol. The van der Waals surface area contributed by atoms with Crippen molar-refractivity contribution in [2.24, 2.45) is 0 Å². The summed E-state index contributed by atoms with van der Waals surface area (Å²) in [5.41, 5.74) is 2.20. The number of carbonyl (C=O) groups is 1. The topological polar surface area (TPSA) is 95.2 Å². The molecule has 2 heterocycles. The highest BCUT2D eigenvalue weighted by molar-refractivity contribution is 7.89. The molecule has 2 aromatic carbocycles. The van der Waals surface area contributed by atoms with Gasteiger partial charge < -0.3 is 10.3 Å². The number of benzene rings is 2. The number of hydrogen-bond acceptors (Lipinski definition) is 4. The summed E-state index contributed by atoms with van der Waals surface area (Å²) in [6.45, 7) is 4.10. The summed E-state index contributed by atoms with van der Waals surface area (Å²) in [6, 6.07) is 16.2. The van der Waals surface area contributed by atoms with Crippen molar-refractivity contribution in [1.82, 2.24) is 19.6 Å². The van der Waals surface area contributed by atoms with Crippen molar-refractivity contribution in [3.05, 3.63) is 89.5 Å². The van der Waals surface area contributed by atoms with E-state index in [1.54, 1.807) is 28.8 Å². The Bertz CT molecular complexity index is 1150. The van der Waals surface area contributed by atoms with E-state index < -0.39 is 15.3 Å². The first-order valence-electron chi connectivity index (χ1n) is 10.8. The van der Waals surface area contributed by atoms with E-state index in [9.17, 15) is 13.2 Å². The highest BCUT2D eigenvalue weighted by Gasteiger charge is 2.40. The second-order valence-electron chi connectivity index (χ2n) is 8.28. The van der Waals surface area contributed by atoms with Gasteiger partial charge in [-0.15, -0.1) is 0 Å². The normalized spacial score (nSPS) is 21.7. The first-order chi connectivity index (χ1) is 15.4. The van der Waals surface area contributed by atoms with E-state index in [-0.39, 0.29) is 24.5 Å². The third-order valence-electron chi connectivity index (χ3n) is 6.03. The standard InChI is InChI=1S/C24H28N4O3S/c1-17-8-13-22(20-6-4-3-5-7-20)32(30,31)28(17)16-19-9-11-21(12-10-19)24(29)27-18(2)23-25-14-15-26-23/h3-7,9-12,14-15,17-18,22H,8,13,16H2,1-2H3,(H,25,26)(H,27,29)/t17-,18?,22?/m0/s1. The summed E-state index contributed by atoms with van der Waals surface area (Å²) >= 11 is 0. The minimum absolute atomic E-state index is 0.0721. The molecule has 1 saturated heterocycles. The van der Waals surface area contributed by atoms with Crippen LogP contribution in [0.5, 0.6) is 0 Å². The van der Waals surface area contributed by atoms with Crippen LogP contribution in [-0.2, 0) is 16.6 Å². The van der Waals surface area contributed by atoms with Crippen molar-refractivity contribution in [3.8, 4) is 0 Å². The molecule has 3 aromatic rings. The SMILES string of the molecule is CC(NC(=O)c1ccc(CN2[C@@H](C)CCC(c3ccccc3)S2(=O)=O)cc1)c1ncc[nH]1. The van der Waals surface area contributed by atoms with E-state index in [0.29, 0.717) is 17.8 Å². The van der Waals surface area contributed by atoms with Gasteiger partial charge in [-0.05, 0) is 49.9 Å². The maximum Gasteiger partial charge on any atom is 0.251 e. The lowest BCUT2D eigenvalue weighted by Gasteiger charge is -2.37. The van der Waals surface area contributed by atoms with E-state index in [4.69, 9.17) is 0 Å². The highest BCUT2D eigenvalue weighted by atomic mass is 32.2. The Kier molecular flexibility index (Phi) is 6.43. The summed E-state index contributed by atoms with van der Waals surface area (Å²) in [7, 11) is -3.49. The van der Waals surface area contributed by atoms with Crippen LogP contribution in [0.3, 0.4) is 0 Å². The monoisotopic (exact) mass is 452 g/mol. The predicted molar refractivity (Wildman–Crippen MR) is 123 cm³/mol. The number of amides is 1. The molecule has 8 heteroatoms. The number of hydrogen-bond donors (Lipinski definition) is 2. The van der Waals surface area contributed by atoms with Gasteiger partial charge >= 0.3 is 0 Å². The molecule has 1 amide bonds. The van der Waals surface area contributed by atoms with Crippen molar-refractivity contribution in [2.75, 3.05) is 0 Å². The van der Waals surface area contributed by atoms with E-state index in [2.05, 4.69) is 15.3 Å². The van der Waals surface area contributed by atoms with E-state index in [0.717, 1.165) is 17.5 Å². The van der Waals surface area contributed by atoms with Crippen molar-refractivity contribution in [2.45, 2.75) is 50.6 Å². The molecule has 3 atom stereocenters. The highest BCUT2D eigenvalue weighted by Crippen LogP contribution is 2.38. The van der Waals surface area contributed by atoms with Crippen molar-refractivity contribution in [3.63, 3.8) is 0 Å². The van der Waals surface area contributed by atoms with E-state index in [1.807, 2.05) is 56.3 Å². The second-order valence-corrected chi connectivity index (χ2v) is 10.4. The van der Waals surface area contributed by atoms with Gasteiger partial charge in [-0.2, -0.15) is 4.31 Å². The number of aromatic amines is 1. The lowest BCUT2D eigenvalue weighted by molar-refractivity contribution is 0.0938. The maximum atomic E-state index is 13.4. The molecule has 2 N–H and O–H groups in total. The minimum Gasteiger partial charge on any atom is -0.347 e. The first-order valence-corrected chi connectivity index (χ1v) is 12.3. The molecule has 1 aromatic heterocycles. The van der Waals surface area contributed by atoms with Gasteiger partial charge in [0.05, 0.1) is 6.04 Å². The lowest BCUT2D eigenvalue weighted by Crippen LogP contribution is -2.44. The number of H-pyrrole nitrogens is 1. The summed E-state index contributed by atoms with van der Waals surface area (Å²) in [5.74, 6) is 0.482. The zero-order valence-electron chi connectivity index (χ0n) is 18.2. The van der Waals surface area contributed by atoms with Gasteiger partial charge in [-0.3, -0.25) is 4.79 Å². The molecular formula is C24H28N4O3S. The number of nitrogens with zero attached hydrogens (tertiary/aromatic N) is 2. The van der Waals surface area contributed by atoms with Gasteiger partial charge in [0.15, 0.2) is 0 Å².